The summed E-state index contributed by atoms with van der Waals surface area (Å²) >= 11 is 0. The Balaban J connectivity index is 2.70. The number of nitrogen functional groups attached to an aromatic ring is 1. The van der Waals surface area contributed by atoms with Gasteiger partial charge in [-0.1, -0.05) is 6.07 Å². The van der Waals surface area contributed by atoms with Crippen LogP contribution in [0.3, 0.4) is 0 Å². The van der Waals surface area contributed by atoms with Gasteiger partial charge in [-0.3, -0.25) is 15.1 Å². The van der Waals surface area contributed by atoms with E-state index >= 15 is 0 Å². The highest BCUT2D eigenvalue weighted by Crippen LogP contribution is 2.07. The Morgan fingerprint density at radius 3 is 2.78 bits per heavy atom. The fourth-order valence-electron chi connectivity index (χ4n) is 1.76. The molecule has 1 amide bonds. The van der Waals surface area contributed by atoms with Crippen molar-refractivity contribution in [1.82, 2.24) is 15.3 Å². The minimum Gasteiger partial charge on any atom is -0.389 e. The van der Waals surface area contributed by atoms with Gasteiger partial charge in [0.1, 0.15) is 5.69 Å². The summed E-state index contributed by atoms with van der Waals surface area (Å²) in [5, 5.41) is 9.70. The van der Waals surface area contributed by atoms with E-state index in [0.29, 0.717) is 13.1 Å². The first-order valence-corrected chi connectivity index (χ1v) is 5.69. The number of nitrogens with two attached hydrogens (primary N) is 1. The fraction of sp³-hybridized carbons (Fsp3) is 0.500. The molecule has 1 aromatic rings. The summed E-state index contributed by atoms with van der Waals surface area (Å²) in [6.45, 7) is 4.56. The van der Waals surface area contributed by atoms with Crippen LogP contribution in [-0.4, -0.2) is 40.1 Å². The van der Waals surface area contributed by atoms with Crippen LogP contribution in [-0.2, 0) is 6.54 Å². The summed E-state index contributed by atoms with van der Waals surface area (Å²) in [5.41, 5.74) is 2.32. The number of aromatic nitrogens is 1. The van der Waals surface area contributed by atoms with Gasteiger partial charge < -0.3 is 5.11 Å². The molecule has 1 heterocycles. The summed E-state index contributed by atoms with van der Waals surface area (Å²) in [6, 6.07) is 5.18. The third-order valence-corrected chi connectivity index (χ3v) is 2.26. The van der Waals surface area contributed by atoms with Crippen molar-refractivity contribution in [2.24, 2.45) is 5.84 Å². The first kappa shape index (κ1) is 14.6. The Bertz CT molecular complexity index is 415. The Morgan fingerprint density at radius 2 is 2.22 bits per heavy atom. The number of aliphatic hydroxyl groups is 1. The zero-order valence-corrected chi connectivity index (χ0v) is 11.0. The molecule has 0 bridgehead atoms. The molecule has 0 fully saturated rings. The molecule has 18 heavy (non-hydrogen) atoms. The van der Waals surface area contributed by atoms with E-state index in [1.807, 2.05) is 23.4 Å². The quantitative estimate of drug-likeness (QED) is 0.386. The van der Waals surface area contributed by atoms with Gasteiger partial charge in [0.05, 0.1) is 11.3 Å². The van der Waals surface area contributed by atoms with Gasteiger partial charge >= 0.3 is 0 Å². The zero-order valence-electron chi connectivity index (χ0n) is 11.0. The number of hydrogen-bond acceptors (Lipinski definition) is 5. The number of hydrazine groups is 1. The van der Waals surface area contributed by atoms with E-state index in [4.69, 9.17) is 5.84 Å². The number of carbonyl (C=O) groups is 1. The minimum atomic E-state index is -0.763. The van der Waals surface area contributed by atoms with Crippen molar-refractivity contribution in [3.05, 3.63) is 29.6 Å². The monoisotopic (exact) mass is 252 g/mol. The number of pyridine rings is 1. The average Bonchev–Trinajstić information content (AvgIpc) is 2.25. The van der Waals surface area contributed by atoms with Crippen molar-refractivity contribution in [3.63, 3.8) is 0 Å². The smallest absolute Gasteiger partial charge is 0.283 e. The van der Waals surface area contributed by atoms with E-state index in [1.165, 1.54) is 0 Å². The molecule has 6 heteroatoms. The van der Waals surface area contributed by atoms with Crippen molar-refractivity contribution in [1.29, 1.82) is 0 Å². The number of nitrogens with zero attached hydrogens (tertiary/aromatic N) is 2. The predicted octanol–water partition coefficient (Wildman–Crippen LogP) is -0.112. The molecule has 4 N–H and O–H groups in total. The van der Waals surface area contributed by atoms with Gasteiger partial charge in [-0.05, 0) is 33.0 Å². The number of carbonyl (C=O) groups excluding carboxylic acids is 1. The van der Waals surface area contributed by atoms with Gasteiger partial charge in [0, 0.05) is 13.1 Å². The number of hydrogen-bond donors (Lipinski definition) is 3. The lowest BCUT2D eigenvalue weighted by Crippen LogP contribution is -2.36. The molecule has 6 nitrogen and oxygen atoms in total. The lowest BCUT2D eigenvalue weighted by atomic mass is 10.1. The van der Waals surface area contributed by atoms with Crippen LogP contribution in [0.5, 0.6) is 0 Å². The summed E-state index contributed by atoms with van der Waals surface area (Å²) in [6.07, 6.45) is 0. The number of amides is 1. The van der Waals surface area contributed by atoms with Gasteiger partial charge in [-0.25, -0.2) is 10.8 Å². The summed E-state index contributed by atoms with van der Waals surface area (Å²) in [7, 11) is 1.88. The Morgan fingerprint density at radius 1 is 1.56 bits per heavy atom. The molecule has 0 unspecified atom stereocenters. The Hall–Kier alpha value is -1.50. The highest BCUT2D eigenvalue weighted by atomic mass is 16.3. The van der Waals surface area contributed by atoms with E-state index in [0.717, 1.165) is 5.69 Å². The van der Waals surface area contributed by atoms with Crippen molar-refractivity contribution in [3.8, 4) is 0 Å². The van der Waals surface area contributed by atoms with Crippen LogP contribution in [0, 0.1) is 0 Å². The molecular weight excluding hydrogens is 232 g/mol. The summed E-state index contributed by atoms with van der Waals surface area (Å²) in [5.74, 6) is 4.64. The van der Waals surface area contributed by atoms with Crippen molar-refractivity contribution in [2.75, 3.05) is 13.6 Å². The molecule has 1 rings (SSSR count). The van der Waals surface area contributed by atoms with Crippen LogP contribution in [0.4, 0.5) is 0 Å². The molecule has 0 aliphatic rings. The predicted molar refractivity (Wildman–Crippen MR) is 68.5 cm³/mol. The molecule has 0 aliphatic heterocycles. The van der Waals surface area contributed by atoms with Crippen LogP contribution in [0.25, 0.3) is 0 Å². The molecular formula is C12H20N4O2. The number of rotatable bonds is 5. The Labute approximate surface area is 107 Å². The maximum absolute atomic E-state index is 11.3. The van der Waals surface area contributed by atoms with Crippen molar-refractivity contribution in [2.45, 2.75) is 26.0 Å². The van der Waals surface area contributed by atoms with Crippen LogP contribution >= 0.6 is 0 Å². The molecule has 0 spiro atoms. The maximum atomic E-state index is 11.3. The standard InChI is InChI=1S/C12H20N4O2/c1-12(2,18)8-16(3)7-9-5-4-6-10(14-9)11(17)15-13/h4-6,18H,7-8,13H2,1-3H3,(H,15,17). The first-order chi connectivity index (χ1) is 8.31. The topological polar surface area (TPSA) is 91.5 Å². The van der Waals surface area contributed by atoms with Gasteiger partial charge in [0.15, 0.2) is 0 Å². The highest BCUT2D eigenvalue weighted by molar-refractivity contribution is 5.91. The molecule has 0 aliphatic carbocycles. The molecule has 0 saturated carbocycles. The van der Waals surface area contributed by atoms with E-state index in [9.17, 15) is 9.90 Å². The van der Waals surface area contributed by atoms with E-state index in [2.05, 4.69) is 4.98 Å². The zero-order chi connectivity index (χ0) is 13.8. The molecule has 100 valence electrons. The Kier molecular flexibility index (Phi) is 4.77. The van der Waals surface area contributed by atoms with Crippen LogP contribution < -0.4 is 11.3 Å². The normalized spacial score (nSPS) is 11.7. The second-order valence-corrected chi connectivity index (χ2v) is 4.97. The second-order valence-electron chi connectivity index (χ2n) is 4.97. The van der Waals surface area contributed by atoms with Gasteiger partial charge in [0.25, 0.3) is 5.91 Å². The van der Waals surface area contributed by atoms with Crippen LogP contribution in [0.15, 0.2) is 18.2 Å². The highest BCUT2D eigenvalue weighted by Gasteiger charge is 2.16. The van der Waals surface area contributed by atoms with E-state index < -0.39 is 11.5 Å². The largest absolute Gasteiger partial charge is 0.389 e. The third-order valence-electron chi connectivity index (χ3n) is 2.26. The average molecular weight is 252 g/mol. The minimum absolute atomic E-state index is 0.284. The molecule has 0 aromatic carbocycles. The van der Waals surface area contributed by atoms with Gasteiger partial charge in [-0.2, -0.15) is 0 Å². The van der Waals surface area contributed by atoms with Crippen molar-refractivity contribution < 1.29 is 9.90 Å². The molecule has 0 atom stereocenters. The molecule has 0 radical (unpaired) electrons. The molecule has 1 aromatic heterocycles. The third kappa shape index (κ3) is 4.79. The van der Waals surface area contributed by atoms with Gasteiger partial charge in [0.2, 0.25) is 0 Å². The number of nitrogens with one attached hydrogen (secondary N) is 1. The lowest BCUT2D eigenvalue weighted by molar-refractivity contribution is 0.0421. The lowest BCUT2D eigenvalue weighted by Gasteiger charge is -2.25. The summed E-state index contributed by atoms with van der Waals surface area (Å²) in [4.78, 5) is 17.5. The molecule has 0 saturated heterocycles. The fourth-order valence-corrected chi connectivity index (χ4v) is 1.76. The van der Waals surface area contributed by atoms with E-state index in [1.54, 1.807) is 26.0 Å². The maximum Gasteiger partial charge on any atom is 0.283 e. The van der Waals surface area contributed by atoms with Gasteiger partial charge in [-0.15, -0.1) is 0 Å². The van der Waals surface area contributed by atoms with E-state index in [-0.39, 0.29) is 5.69 Å². The first-order valence-electron chi connectivity index (χ1n) is 5.69. The van der Waals surface area contributed by atoms with Crippen molar-refractivity contribution >= 4 is 5.91 Å². The SMILES string of the molecule is CN(Cc1cccc(C(=O)NN)n1)CC(C)(C)O. The summed E-state index contributed by atoms with van der Waals surface area (Å²) < 4.78 is 0. The van der Waals surface area contributed by atoms with Crippen LogP contribution in [0.2, 0.25) is 0 Å². The van der Waals surface area contributed by atoms with Crippen LogP contribution in [0.1, 0.15) is 30.0 Å². The number of likely N-dealkylation sites (N-methyl/N-ethyl adjacent to an activating group) is 1. The second kappa shape index (κ2) is 5.90.